The van der Waals surface area contributed by atoms with Crippen molar-refractivity contribution in [2.24, 2.45) is 0 Å². The third kappa shape index (κ3) is 5.53. The summed E-state index contributed by atoms with van der Waals surface area (Å²) in [7, 11) is -2.16. The van der Waals surface area contributed by atoms with Crippen LogP contribution in [0, 0.1) is 5.82 Å². The summed E-state index contributed by atoms with van der Waals surface area (Å²) >= 11 is 2.96. The molecule has 1 aromatic carbocycles. The Morgan fingerprint density at radius 1 is 1.32 bits per heavy atom. The lowest BCUT2D eigenvalue weighted by molar-refractivity contribution is 0.0736. The van der Waals surface area contributed by atoms with E-state index in [4.69, 9.17) is 9.47 Å². The van der Waals surface area contributed by atoms with Crippen molar-refractivity contribution in [3.63, 3.8) is 0 Å². The highest BCUT2D eigenvalue weighted by Crippen LogP contribution is 2.19. The topological polar surface area (TPSA) is 64.6 Å². The lowest BCUT2D eigenvalue weighted by Crippen LogP contribution is -2.28. The molecule has 0 unspecified atom stereocenters. The molecular weight excluding hydrogens is 341 g/mol. The smallest absolute Gasteiger partial charge is 0.240 e. The molecule has 1 aromatic rings. The molecule has 1 rings (SSSR count). The van der Waals surface area contributed by atoms with Crippen LogP contribution in [0.3, 0.4) is 0 Å². The van der Waals surface area contributed by atoms with E-state index in [1.807, 2.05) is 0 Å². The SMILES string of the molecule is COCCOCCNS(=O)(=O)c1ccc(Br)c(F)c1. The molecule has 5 nitrogen and oxygen atoms in total. The fraction of sp³-hybridized carbons (Fsp3) is 0.455. The largest absolute Gasteiger partial charge is 0.382 e. The van der Waals surface area contributed by atoms with Crippen molar-refractivity contribution in [3.8, 4) is 0 Å². The van der Waals surface area contributed by atoms with Gasteiger partial charge in [-0.3, -0.25) is 0 Å². The van der Waals surface area contributed by atoms with Gasteiger partial charge in [0.2, 0.25) is 10.0 Å². The molecule has 0 spiro atoms. The highest BCUT2D eigenvalue weighted by atomic mass is 79.9. The quantitative estimate of drug-likeness (QED) is 0.718. The Bertz CT molecular complexity index is 509. The predicted octanol–water partition coefficient (Wildman–Crippen LogP) is 1.53. The Hall–Kier alpha value is -0.540. The maximum absolute atomic E-state index is 13.3. The number of hydrogen-bond acceptors (Lipinski definition) is 4. The van der Waals surface area contributed by atoms with Crippen LogP contribution in [-0.2, 0) is 19.5 Å². The summed E-state index contributed by atoms with van der Waals surface area (Å²) in [6.07, 6.45) is 0. The van der Waals surface area contributed by atoms with E-state index in [0.717, 1.165) is 6.07 Å². The van der Waals surface area contributed by atoms with Crippen LogP contribution >= 0.6 is 15.9 Å². The predicted molar refractivity (Wildman–Crippen MR) is 72.0 cm³/mol. The average Bonchev–Trinajstić information content (AvgIpc) is 2.36. The molecule has 0 bridgehead atoms. The van der Waals surface area contributed by atoms with E-state index in [1.54, 1.807) is 7.11 Å². The number of sulfonamides is 1. The zero-order chi connectivity index (χ0) is 14.3. The molecule has 0 aliphatic rings. The summed E-state index contributed by atoms with van der Waals surface area (Å²) < 4.78 is 49.3. The normalized spacial score (nSPS) is 11.7. The van der Waals surface area contributed by atoms with Crippen LogP contribution in [0.25, 0.3) is 0 Å². The Morgan fingerprint density at radius 2 is 2.05 bits per heavy atom. The molecule has 0 atom stereocenters. The van der Waals surface area contributed by atoms with Gasteiger partial charge in [-0.05, 0) is 34.1 Å². The molecule has 8 heteroatoms. The number of ether oxygens (including phenoxy) is 2. The van der Waals surface area contributed by atoms with Crippen LogP contribution in [-0.4, -0.2) is 41.9 Å². The van der Waals surface area contributed by atoms with Crippen molar-refractivity contribution in [2.75, 3.05) is 33.5 Å². The molecule has 19 heavy (non-hydrogen) atoms. The minimum atomic E-state index is -3.71. The van der Waals surface area contributed by atoms with Crippen molar-refractivity contribution in [1.82, 2.24) is 4.72 Å². The van der Waals surface area contributed by atoms with Crippen LogP contribution in [0.2, 0.25) is 0 Å². The Balaban J connectivity index is 2.49. The molecule has 0 aliphatic heterocycles. The van der Waals surface area contributed by atoms with Gasteiger partial charge in [0.1, 0.15) is 5.82 Å². The summed E-state index contributed by atoms with van der Waals surface area (Å²) in [5, 5.41) is 0. The second-order valence-corrected chi connectivity index (χ2v) is 6.20. The fourth-order valence-electron chi connectivity index (χ4n) is 1.22. The van der Waals surface area contributed by atoms with E-state index >= 15 is 0 Å². The third-order valence-corrected chi connectivity index (χ3v) is 4.27. The van der Waals surface area contributed by atoms with Gasteiger partial charge in [0.15, 0.2) is 0 Å². The summed E-state index contributed by atoms with van der Waals surface area (Å²) in [6.45, 7) is 1.18. The molecule has 0 fully saturated rings. The molecule has 0 radical (unpaired) electrons. The minimum Gasteiger partial charge on any atom is -0.382 e. The number of hydrogen-bond donors (Lipinski definition) is 1. The van der Waals surface area contributed by atoms with Gasteiger partial charge < -0.3 is 9.47 Å². The minimum absolute atomic E-state index is 0.115. The lowest BCUT2D eigenvalue weighted by atomic mass is 10.3. The average molecular weight is 356 g/mol. The first-order chi connectivity index (χ1) is 8.97. The van der Waals surface area contributed by atoms with Crippen molar-refractivity contribution >= 4 is 26.0 Å². The van der Waals surface area contributed by atoms with Crippen LogP contribution < -0.4 is 4.72 Å². The van der Waals surface area contributed by atoms with Crippen LogP contribution in [0.4, 0.5) is 4.39 Å². The van der Waals surface area contributed by atoms with Gasteiger partial charge in [-0.2, -0.15) is 0 Å². The third-order valence-electron chi connectivity index (χ3n) is 2.17. The van der Waals surface area contributed by atoms with Crippen LogP contribution in [0.1, 0.15) is 0 Å². The van der Waals surface area contributed by atoms with E-state index in [9.17, 15) is 12.8 Å². The number of nitrogens with one attached hydrogen (secondary N) is 1. The number of benzene rings is 1. The van der Waals surface area contributed by atoms with E-state index < -0.39 is 15.8 Å². The van der Waals surface area contributed by atoms with E-state index in [2.05, 4.69) is 20.7 Å². The van der Waals surface area contributed by atoms with Gasteiger partial charge in [-0.25, -0.2) is 17.5 Å². The standard InChI is InChI=1S/C11H15BrFNO4S/c1-17-6-7-18-5-4-14-19(15,16)9-2-3-10(12)11(13)8-9/h2-3,8,14H,4-7H2,1H3. The highest BCUT2D eigenvalue weighted by Gasteiger charge is 2.15. The summed E-state index contributed by atoms with van der Waals surface area (Å²) in [6, 6.07) is 3.62. The molecule has 0 saturated heterocycles. The molecule has 0 aromatic heterocycles. The van der Waals surface area contributed by atoms with Gasteiger partial charge in [0.05, 0.1) is 29.2 Å². The molecule has 1 N–H and O–H groups in total. The zero-order valence-electron chi connectivity index (χ0n) is 10.4. The molecule has 0 saturated carbocycles. The van der Waals surface area contributed by atoms with E-state index in [-0.39, 0.29) is 22.5 Å². The Labute approximate surface area is 120 Å². The summed E-state index contributed by atoms with van der Waals surface area (Å²) in [5.41, 5.74) is 0. The number of methoxy groups -OCH3 is 1. The molecular formula is C11H15BrFNO4S. The van der Waals surface area contributed by atoms with Crippen LogP contribution in [0.5, 0.6) is 0 Å². The second kappa shape index (κ2) is 7.91. The van der Waals surface area contributed by atoms with Gasteiger partial charge in [0.25, 0.3) is 0 Å². The first-order valence-corrected chi connectivity index (χ1v) is 7.76. The molecule has 108 valence electrons. The van der Waals surface area contributed by atoms with Gasteiger partial charge >= 0.3 is 0 Å². The second-order valence-electron chi connectivity index (χ2n) is 3.58. The van der Waals surface area contributed by atoms with E-state index in [0.29, 0.717) is 13.2 Å². The molecule has 0 heterocycles. The number of rotatable bonds is 8. The maximum Gasteiger partial charge on any atom is 0.240 e. The zero-order valence-corrected chi connectivity index (χ0v) is 12.8. The van der Waals surface area contributed by atoms with Gasteiger partial charge in [0, 0.05) is 13.7 Å². The van der Waals surface area contributed by atoms with Crippen molar-refractivity contribution < 1.29 is 22.3 Å². The Kier molecular flexibility index (Phi) is 6.87. The van der Waals surface area contributed by atoms with Crippen LogP contribution in [0.15, 0.2) is 27.6 Å². The Morgan fingerprint density at radius 3 is 2.68 bits per heavy atom. The number of halogens is 2. The summed E-state index contributed by atoms with van der Waals surface area (Å²) in [4.78, 5) is -0.120. The van der Waals surface area contributed by atoms with Gasteiger partial charge in [-0.15, -0.1) is 0 Å². The van der Waals surface area contributed by atoms with Crippen molar-refractivity contribution in [3.05, 3.63) is 28.5 Å². The van der Waals surface area contributed by atoms with E-state index in [1.165, 1.54) is 12.1 Å². The van der Waals surface area contributed by atoms with Crippen molar-refractivity contribution in [2.45, 2.75) is 4.90 Å². The van der Waals surface area contributed by atoms with Crippen molar-refractivity contribution in [1.29, 1.82) is 0 Å². The first-order valence-electron chi connectivity index (χ1n) is 5.49. The van der Waals surface area contributed by atoms with Gasteiger partial charge in [-0.1, -0.05) is 0 Å². The monoisotopic (exact) mass is 355 g/mol. The summed E-state index contributed by atoms with van der Waals surface area (Å²) in [5.74, 6) is -0.626. The lowest BCUT2D eigenvalue weighted by Gasteiger charge is -2.08. The highest BCUT2D eigenvalue weighted by molar-refractivity contribution is 9.10. The fourth-order valence-corrected chi connectivity index (χ4v) is 2.49. The molecule has 0 aliphatic carbocycles. The maximum atomic E-state index is 13.3. The first kappa shape index (κ1) is 16.5. The molecule has 0 amide bonds.